The minimum absolute atomic E-state index is 0.105. The van der Waals surface area contributed by atoms with Crippen molar-refractivity contribution in [1.82, 2.24) is 30.4 Å². The van der Waals surface area contributed by atoms with Crippen LogP contribution in [0.1, 0.15) is 35.3 Å². The Bertz CT molecular complexity index is 1030. The Labute approximate surface area is 168 Å². The van der Waals surface area contributed by atoms with Crippen LogP contribution in [-0.2, 0) is 17.8 Å². The van der Waals surface area contributed by atoms with E-state index < -0.39 is 5.54 Å². The Balaban J connectivity index is 1.44. The lowest BCUT2D eigenvalue weighted by molar-refractivity contribution is -0.137. The van der Waals surface area contributed by atoms with Gasteiger partial charge in [0, 0.05) is 19.3 Å². The van der Waals surface area contributed by atoms with Crippen LogP contribution in [0.4, 0.5) is 0 Å². The number of H-pyrrole nitrogens is 1. The molecule has 2 aromatic heterocycles. The maximum atomic E-state index is 13.1. The summed E-state index contributed by atoms with van der Waals surface area (Å²) in [5.74, 6) is 0.0711. The second-order valence-corrected chi connectivity index (χ2v) is 7.59. The summed E-state index contributed by atoms with van der Waals surface area (Å²) in [5, 5.41) is 9.35. The molecule has 0 saturated heterocycles. The monoisotopic (exact) mass is 390 g/mol. The lowest BCUT2D eigenvalue weighted by atomic mass is 9.96. The first-order chi connectivity index (χ1) is 13.9. The van der Waals surface area contributed by atoms with Gasteiger partial charge in [0.05, 0.1) is 5.56 Å². The first-order valence-electron chi connectivity index (χ1n) is 9.44. The summed E-state index contributed by atoms with van der Waals surface area (Å²) in [5.41, 5.74) is 2.35. The first kappa shape index (κ1) is 18.8. The molecule has 3 heterocycles. The Hall–Kier alpha value is -3.55. The standard InChI is InChI=1S/C21H22N6O2/c1-21(2,20(29)27-10-9-14-5-3-4-6-16(14)12-27)25-19(28)15-7-8-17(22-11-15)18-23-13-24-26-18/h3-8,11,13H,9-10,12H2,1-2H3,(H,25,28)(H,23,24,26). The van der Waals surface area contributed by atoms with Crippen molar-refractivity contribution < 1.29 is 9.59 Å². The van der Waals surface area contributed by atoms with Crippen molar-refractivity contribution in [2.24, 2.45) is 0 Å². The molecule has 2 N–H and O–H groups in total. The first-order valence-corrected chi connectivity index (χ1v) is 9.44. The van der Waals surface area contributed by atoms with Crippen LogP contribution in [0.5, 0.6) is 0 Å². The van der Waals surface area contributed by atoms with E-state index in [0.29, 0.717) is 30.2 Å². The number of aromatic nitrogens is 4. The fourth-order valence-electron chi connectivity index (χ4n) is 3.47. The number of nitrogens with one attached hydrogen (secondary N) is 2. The van der Waals surface area contributed by atoms with Crippen molar-refractivity contribution in [3.63, 3.8) is 0 Å². The zero-order valence-corrected chi connectivity index (χ0v) is 16.3. The minimum atomic E-state index is -1.03. The summed E-state index contributed by atoms with van der Waals surface area (Å²) < 4.78 is 0. The normalized spacial score (nSPS) is 13.7. The second kappa shape index (κ2) is 7.46. The highest BCUT2D eigenvalue weighted by Crippen LogP contribution is 2.21. The van der Waals surface area contributed by atoms with Gasteiger partial charge < -0.3 is 10.2 Å². The number of hydrogen-bond donors (Lipinski definition) is 2. The molecular formula is C21H22N6O2. The third kappa shape index (κ3) is 3.87. The summed E-state index contributed by atoms with van der Waals surface area (Å²) in [6.45, 7) is 4.65. The smallest absolute Gasteiger partial charge is 0.253 e. The van der Waals surface area contributed by atoms with Gasteiger partial charge in [-0.05, 0) is 43.5 Å². The number of carbonyl (C=O) groups excluding carboxylic acids is 2. The largest absolute Gasteiger partial charge is 0.338 e. The highest BCUT2D eigenvalue weighted by atomic mass is 16.2. The van der Waals surface area contributed by atoms with E-state index in [-0.39, 0.29) is 11.8 Å². The molecule has 8 nitrogen and oxygen atoms in total. The summed E-state index contributed by atoms with van der Waals surface area (Å²) in [6, 6.07) is 11.5. The van der Waals surface area contributed by atoms with Gasteiger partial charge in [0.2, 0.25) is 5.91 Å². The van der Waals surface area contributed by atoms with E-state index in [4.69, 9.17) is 0 Å². The number of carbonyl (C=O) groups is 2. The van der Waals surface area contributed by atoms with Crippen molar-refractivity contribution in [2.75, 3.05) is 6.54 Å². The molecule has 0 bridgehead atoms. The van der Waals surface area contributed by atoms with Crippen LogP contribution in [0.25, 0.3) is 11.5 Å². The molecule has 0 atom stereocenters. The quantitative estimate of drug-likeness (QED) is 0.709. The third-order valence-electron chi connectivity index (χ3n) is 5.06. The minimum Gasteiger partial charge on any atom is -0.338 e. The van der Waals surface area contributed by atoms with Crippen molar-refractivity contribution in [1.29, 1.82) is 0 Å². The van der Waals surface area contributed by atoms with Gasteiger partial charge in [-0.1, -0.05) is 24.3 Å². The summed E-state index contributed by atoms with van der Waals surface area (Å²) in [4.78, 5) is 35.8. The van der Waals surface area contributed by atoms with Gasteiger partial charge in [-0.15, -0.1) is 0 Å². The van der Waals surface area contributed by atoms with E-state index >= 15 is 0 Å². The highest BCUT2D eigenvalue weighted by molar-refractivity contribution is 5.98. The number of fused-ring (bicyclic) bond motifs is 1. The lowest BCUT2D eigenvalue weighted by Gasteiger charge is -2.35. The summed E-state index contributed by atoms with van der Waals surface area (Å²) >= 11 is 0. The van der Waals surface area contributed by atoms with Crippen molar-refractivity contribution in [2.45, 2.75) is 32.4 Å². The van der Waals surface area contributed by atoms with Crippen LogP contribution < -0.4 is 5.32 Å². The zero-order valence-electron chi connectivity index (χ0n) is 16.3. The molecule has 0 fully saturated rings. The number of amides is 2. The van der Waals surface area contributed by atoms with E-state index in [1.165, 1.54) is 18.1 Å². The predicted molar refractivity (Wildman–Crippen MR) is 107 cm³/mol. The van der Waals surface area contributed by atoms with Crippen LogP contribution in [-0.4, -0.2) is 49.0 Å². The van der Waals surface area contributed by atoms with Crippen molar-refractivity contribution in [3.8, 4) is 11.5 Å². The SMILES string of the molecule is CC(C)(NC(=O)c1ccc(-c2ncn[nH]2)nc1)C(=O)N1CCc2ccccc2C1. The van der Waals surface area contributed by atoms with Gasteiger partial charge in [-0.3, -0.25) is 19.7 Å². The molecule has 8 heteroatoms. The number of aromatic amines is 1. The van der Waals surface area contributed by atoms with Crippen LogP contribution in [0.2, 0.25) is 0 Å². The number of rotatable bonds is 4. The van der Waals surface area contributed by atoms with Crippen LogP contribution in [0.3, 0.4) is 0 Å². The molecule has 1 aliphatic heterocycles. The molecule has 3 aromatic rings. The van der Waals surface area contributed by atoms with Crippen molar-refractivity contribution >= 4 is 11.8 Å². The van der Waals surface area contributed by atoms with Gasteiger partial charge in [-0.2, -0.15) is 5.10 Å². The molecular weight excluding hydrogens is 368 g/mol. The third-order valence-corrected chi connectivity index (χ3v) is 5.06. The second-order valence-electron chi connectivity index (χ2n) is 7.59. The van der Waals surface area contributed by atoms with Gasteiger partial charge >= 0.3 is 0 Å². The Morgan fingerprint density at radius 3 is 2.59 bits per heavy atom. The van der Waals surface area contributed by atoms with E-state index in [9.17, 15) is 9.59 Å². The van der Waals surface area contributed by atoms with E-state index in [2.05, 4.69) is 31.5 Å². The maximum absolute atomic E-state index is 13.1. The van der Waals surface area contributed by atoms with Crippen LogP contribution in [0.15, 0.2) is 48.9 Å². The van der Waals surface area contributed by atoms with E-state index in [1.807, 2.05) is 18.2 Å². The van der Waals surface area contributed by atoms with Crippen molar-refractivity contribution in [3.05, 3.63) is 65.6 Å². The average Bonchev–Trinajstić information content (AvgIpc) is 3.27. The van der Waals surface area contributed by atoms with E-state index in [1.54, 1.807) is 30.9 Å². The molecule has 0 saturated carbocycles. The number of pyridine rings is 1. The molecule has 0 unspecified atom stereocenters. The van der Waals surface area contributed by atoms with E-state index in [0.717, 1.165) is 12.0 Å². The molecule has 29 heavy (non-hydrogen) atoms. The predicted octanol–water partition coefficient (Wildman–Crippen LogP) is 1.96. The molecule has 0 aliphatic carbocycles. The highest BCUT2D eigenvalue weighted by Gasteiger charge is 2.35. The molecule has 148 valence electrons. The maximum Gasteiger partial charge on any atom is 0.253 e. The van der Waals surface area contributed by atoms with Gasteiger partial charge in [-0.25, -0.2) is 4.98 Å². The summed E-state index contributed by atoms with van der Waals surface area (Å²) in [7, 11) is 0. The average molecular weight is 390 g/mol. The topological polar surface area (TPSA) is 104 Å². The number of nitrogens with zero attached hydrogens (tertiary/aromatic N) is 4. The number of benzene rings is 1. The number of hydrogen-bond acceptors (Lipinski definition) is 5. The molecule has 1 aromatic carbocycles. The molecule has 2 amide bonds. The molecule has 1 aliphatic rings. The lowest BCUT2D eigenvalue weighted by Crippen LogP contribution is -2.56. The van der Waals surface area contributed by atoms with Gasteiger partial charge in [0.1, 0.15) is 17.6 Å². The van der Waals surface area contributed by atoms with Crippen LogP contribution >= 0.6 is 0 Å². The van der Waals surface area contributed by atoms with Crippen LogP contribution in [0, 0.1) is 0 Å². The molecule has 0 radical (unpaired) electrons. The Kier molecular flexibility index (Phi) is 4.84. The summed E-state index contributed by atoms with van der Waals surface area (Å²) in [6.07, 6.45) is 3.68. The molecule has 4 rings (SSSR count). The fourth-order valence-corrected chi connectivity index (χ4v) is 3.47. The molecule has 0 spiro atoms. The van der Waals surface area contributed by atoms with Gasteiger partial charge in [0.15, 0.2) is 5.82 Å². The Morgan fingerprint density at radius 2 is 1.90 bits per heavy atom. The Morgan fingerprint density at radius 1 is 1.10 bits per heavy atom. The fraction of sp³-hybridized carbons (Fsp3) is 0.286. The van der Waals surface area contributed by atoms with Gasteiger partial charge in [0.25, 0.3) is 5.91 Å². The zero-order chi connectivity index (χ0) is 20.4.